The normalized spacial score (nSPS) is 18.6. The molecular formula is C35H36. The Hall–Kier alpha value is -3.12. The zero-order valence-corrected chi connectivity index (χ0v) is 21.6. The van der Waals surface area contributed by atoms with Crippen molar-refractivity contribution in [2.45, 2.75) is 70.6 Å². The molecule has 2 unspecified atom stereocenters. The summed E-state index contributed by atoms with van der Waals surface area (Å²) >= 11 is 0. The van der Waals surface area contributed by atoms with Gasteiger partial charge in [0.2, 0.25) is 0 Å². The highest BCUT2D eigenvalue weighted by molar-refractivity contribution is 5.81. The summed E-state index contributed by atoms with van der Waals surface area (Å²) in [4.78, 5) is 0. The van der Waals surface area contributed by atoms with Crippen LogP contribution in [0.1, 0.15) is 96.9 Å². The van der Waals surface area contributed by atoms with Crippen LogP contribution in [-0.2, 0) is 18.3 Å². The van der Waals surface area contributed by atoms with Gasteiger partial charge in [-0.3, -0.25) is 0 Å². The highest BCUT2D eigenvalue weighted by Gasteiger charge is 2.30. The predicted octanol–water partition coefficient (Wildman–Crippen LogP) is 9.18. The van der Waals surface area contributed by atoms with Gasteiger partial charge in [-0.2, -0.15) is 0 Å². The Labute approximate surface area is 211 Å². The Bertz CT molecular complexity index is 1400. The van der Waals surface area contributed by atoms with Gasteiger partial charge in [-0.05, 0) is 92.7 Å². The largest absolute Gasteiger partial charge is 0.0619 e. The SMILES string of the molecule is CC1CCCc2ccc(Cc3ccc4c(c3)C(c3cccc(C(C)(C)C)c3)c3ccccc3-4)cc21. The van der Waals surface area contributed by atoms with Gasteiger partial charge in [-0.15, -0.1) is 0 Å². The van der Waals surface area contributed by atoms with Gasteiger partial charge in [0.15, 0.2) is 0 Å². The van der Waals surface area contributed by atoms with Crippen molar-refractivity contribution in [2.75, 3.05) is 0 Å². The van der Waals surface area contributed by atoms with Gasteiger partial charge in [0.1, 0.15) is 0 Å². The molecule has 2 aliphatic rings. The van der Waals surface area contributed by atoms with Crippen molar-refractivity contribution < 1.29 is 0 Å². The van der Waals surface area contributed by atoms with Crippen LogP contribution in [0.5, 0.6) is 0 Å². The molecule has 0 aromatic heterocycles. The molecule has 0 aliphatic heterocycles. The molecule has 35 heavy (non-hydrogen) atoms. The fourth-order valence-electron chi connectivity index (χ4n) is 6.34. The van der Waals surface area contributed by atoms with Gasteiger partial charge >= 0.3 is 0 Å². The first-order chi connectivity index (χ1) is 16.9. The van der Waals surface area contributed by atoms with Crippen LogP contribution in [0.25, 0.3) is 11.1 Å². The smallest absolute Gasteiger partial charge is 0.0352 e. The summed E-state index contributed by atoms with van der Waals surface area (Å²) < 4.78 is 0. The molecule has 6 rings (SSSR count). The highest BCUT2D eigenvalue weighted by atomic mass is 14.3. The number of fused-ring (bicyclic) bond motifs is 4. The van der Waals surface area contributed by atoms with Crippen molar-refractivity contribution in [2.24, 2.45) is 0 Å². The van der Waals surface area contributed by atoms with Crippen molar-refractivity contribution in [3.8, 4) is 11.1 Å². The fourth-order valence-corrected chi connectivity index (χ4v) is 6.34. The molecular weight excluding hydrogens is 420 g/mol. The molecule has 0 heteroatoms. The fraction of sp³-hybridized carbons (Fsp3) is 0.314. The molecule has 0 nitrogen and oxygen atoms in total. The predicted molar refractivity (Wildman–Crippen MR) is 149 cm³/mol. The lowest BCUT2D eigenvalue weighted by molar-refractivity contribution is 0.589. The number of hydrogen-bond donors (Lipinski definition) is 0. The second-order valence-corrected chi connectivity index (χ2v) is 11.8. The summed E-state index contributed by atoms with van der Waals surface area (Å²) in [5.41, 5.74) is 14.6. The summed E-state index contributed by atoms with van der Waals surface area (Å²) in [5, 5.41) is 0. The minimum atomic E-state index is 0.141. The molecule has 4 aromatic rings. The van der Waals surface area contributed by atoms with Crippen LogP contribution in [0.4, 0.5) is 0 Å². The standard InChI is InChI=1S/C35H36/c1-23-9-7-10-26-17-15-24(20-32(23)26)19-25-16-18-30-29-13-5-6-14-31(29)34(33(30)21-25)27-11-8-12-28(22-27)35(2,3)4/h5-6,8,11-18,20-23,34H,7,9-10,19H2,1-4H3. The van der Waals surface area contributed by atoms with Gasteiger partial charge in [0.05, 0.1) is 0 Å². The van der Waals surface area contributed by atoms with E-state index in [1.807, 2.05) is 0 Å². The van der Waals surface area contributed by atoms with E-state index in [1.165, 1.54) is 63.8 Å². The van der Waals surface area contributed by atoms with Crippen LogP contribution in [-0.4, -0.2) is 0 Å². The molecule has 0 N–H and O–H groups in total. The van der Waals surface area contributed by atoms with Crippen molar-refractivity contribution >= 4 is 0 Å². The average Bonchev–Trinajstić information content (AvgIpc) is 3.18. The topological polar surface area (TPSA) is 0 Å². The van der Waals surface area contributed by atoms with Crippen LogP contribution in [0.15, 0.2) is 84.9 Å². The Morgan fingerprint density at radius 1 is 0.714 bits per heavy atom. The monoisotopic (exact) mass is 456 g/mol. The van der Waals surface area contributed by atoms with Crippen LogP contribution in [0, 0.1) is 0 Å². The lowest BCUT2D eigenvalue weighted by Gasteiger charge is -2.23. The van der Waals surface area contributed by atoms with E-state index in [9.17, 15) is 0 Å². The molecule has 176 valence electrons. The maximum atomic E-state index is 2.49. The van der Waals surface area contributed by atoms with E-state index in [4.69, 9.17) is 0 Å². The summed E-state index contributed by atoms with van der Waals surface area (Å²) in [6.45, 7) is 9.31. The van der Waals surface area contributed by atoms with Gasteiger partial charge in [0.25, 0.3) is 0 Å². The van der Waals surface area contributed by atoms with Crippen molar-refractivity contribution in [3.05, 3.63) is 129 Å². The Kier molecular flexibility index (Phi) is 5.44. The van der Waals surface area contributed by atoms with E-state index in [0.717, 1.165) is 6.42 Å². The highest BCUT2D eigenvalue weighted by Crippen LogP contribution is 2.48. The number of aryl methyl sites for hydroxylation is 1. The Morgan fingerprint density at radius 3 is 2.29 bits per heavy atom. The molecule has 4 aromatic carbocycles. The van der Waals surface area contributed by atoms with Gasteiger partial charge < -0.3 is 0 Å². The van der Waals surface area contributed by atoms with E-state index >= 15 is 0 Å². The molecule has 2 atom stereocenters. The number of hydrogen-bond acceptors (Lipinski definition) is 0. The summed E-state index contributed by atoms with van der Waals surface area (Å²) in [6.07, 6.45) is 4.89. The van der Waals surface area contributed by atoms with Crippen LogP contribution < -0.4 is 0 Å². The van der Waals surface area contributed by atoms with Gasteiger partial charge in [-0.1, -0.05) is 113 Å². The minimum absolute atomic E-state index is 0.141. The lowest BCUT2D eigenvalue weighted by Crippen LogP contribution is -2.12. The van der Waals surface area contributed by atoms with E-state index in [2.05, 4.69) is 113 Å². The number of benzene rings is 4. The lowest BCUT2D eigenvalue weighted by atomic mass is 9.81. The van der Waals surface area contributed by atoms with E-state index in [1.54, 1.807) is 11.1 Å². The average molecular weight is 457 g/mol. The molecule has 0 bridgehead atoms. The molecule has 0 saturated heterocycles. The van der Waals surface area contributed by atoms with E-state index in [0.29, 0.717) is 11.8 Å². The van der Waals surface area contributed by atoms with Gasteiger partial charge in [0, 0.05) is 5.92 Å². The zero-order chi connectivity index (χ0) is 24.2. The Morgan fingerprint density at radius 2 is 1.46 bits per heavy atom. The van der Waals surface area contributed by atoms with Gasteiger partial charge in [-0.25, -0.2) is 0 Å². The second-order valence-electron chi connectivity index (χ2n) is 11.8. The van der Waals surface area contributed by atoms with Crippen LogP contribution in [0.2, 0.25) is 0 Å². The van der Waals surface area contributed by atoms with Crippen molar-refractivity contribution in [1.82, 2.24) is 0 Å². The first-order valence-corrected chi connectivity index (χ1v) is 13.3. The zero-order valence-electron chi connectivity index (χ0n) is 21.6. The quantitative estimate of drug-likeness (QED) is 0.254. The third-order valence-corrected chi connectivity index (χ3v) is 8.31. The van der Waals surface area contributed by atoms with Crippen molar-refractivity contribution in [3.63, 3.8) is 0 Å². The second kappa shape index (κ2) is 8.52. The molecule has 0 saturated carbocycles. The molecule has 0 fully saturated rings. The molecule has 0 amide bonds. The maximum Gasteiger partial charge on any atom is 0.0352 e. The van der Waals surface area contributed by atoms with Crippen molar-refractivity contribution in [1.29, 1.82) is 0 Å². The molecule has 0 radical (unpaired) electrons. The Balaban J connectivity index is 1.41. The summed E-state index contributed by atoms with van der Waals surface area (Å²) in [7, 11) is 0. The molecule has 0 spiro atoms. The molecule has 0 heterocycles. The van der Waals surface area contributed by atoms with E-state index in [-0.39, 0.29) is 5.41 Å². The first kappa shape index (κ1) is 22.4. The van der Waals surface area contributed by atoms with Crippen LogP contribution in [0.3, 0.4) is 0 Å². The van der Waals surface area contributed by atoms with Crippen LogP contribution >= 0.6 is 0 Å². The maximum absolute atomic E-state index is 2.49. The minimum Gasteiger partial charge on any atom is -0.0619 e. The molecule has 2 aliphatic carbocycles. The summed E-state index contributed by atoms with van der Waals surface area (Å²) in [6, 6.07) is 32.8. The third-order valence-electron chi connectivity index (χ3n) is 8.31. The third kappa shape index (κ3) is 4.04. The van der Waals surface area contributed by atoms with E-state index < -0.39 is 0 Å². The first-order valence-electron chi connectivity index (χ1n) is 13.3. The summed E-state index contributed by atoms with van der Waals surface area (Å²) in [5.74, 6) is 0.986. The number of rotatable bonds is 3.